The lowest BCUT2D eigenvalue weighted by Crippen LogP contribution is -2.58. The molecular weight excluding hydrogens is 799 g/mol. The van der Waals surface area contributed by atoms with Gasteiger partial charge in [0.25, 0.3) is 0 Å². The van der Waals surface area contributed by atoms with Crippen LogP contribution in [-0.4, -0.2) is 121 Å². The molecule has 0 aliphatic heterocycles. The first kappa shape index (κ1) is 50.0. The SMILES string of the molecule is CCCC[C@H](NC(C)=O)C(=O)NCC(=O)N(CCCCN)CC(=O)N[C@H](Cc1ccccc1)C(=O)N[C@@H](CCCN)C(=O)N[C@@H](Cc1c[nH]c2ccccc12)C(=O)NCC(N)=O. The topological polar surface area (TPSA) is 306 Å². The number of rotatable bonds is 28. The van der Waals surface area contributed by atoms with Crippen molar-refractivity contribution in [3.8, 4) is 0 Å². The van der Waals surface area contributed by atoms with E-state index in [9.17, 15) is 38.4 Å². The Kier molecular flexibility index (Phi) is 21.6. The smallest absolute Gasteiger partial charge is 0.243 e. The number of carbonyl (C=O) groups is 8. The molecule has 3 rings (SSSR count). The van der Waals surface area contributed by atoms with Gasteiger partial charge in [0, 0.05) is 43.4 Å². The Morgan fingerprint density at radius 1 is 0.661 bits per heavy atom. The zero-order valence-corrected chi connectivity index (χ0v) is 35.6. The van der Waals surface area contributed by atoms with Crippen LogP contribution in [-0.2, 0) is 51.2 Å². The van der Waals surface area contributed by atoms with Crippen molar-refractivity contribution in [3.63, 3.8) is 0 Å². The standard InChI is InChI=1S/C43H63N11O8/c1-3-4-16-33(50-28(2)55)40(59)49-26-39(58)54(21-11-10-19-44)27-38(57)51-35(22-29-13-6-5-7-14-29)43(62)52-34(18-12-20-45)42(61)53-36(41(60)48-25-37(46)56)23-30-24-47-32-17-9-8-15-31(30)32/h5-9,13-15,17,24,33-36,47H,3-4,10-12,16,18-23,25-27,44-45H2,1-2H3,(H2,46,56)(H,48,60)(H,49,59)(H,50,55)(H,51,57)(H,52,62)(H,53,61)/t33-,34-,35+,36-/m0/s1. The Bertz CT molecular complexity index is 1960. The second-order valence-electron chi connectivity index (χ2n) is 15.0. The van der Waals surface area contributed by atoms with Crippen LogP contribution in [0.1, 0.15) is 69.9 Å². The minimum absolute atomic E-state index is 0.0157. The molecule has 3 aromatic rings. The van der Waals surface area contributed by atoms with Gasteiger partial charge in [-0.2, -0.15) is 0 Å². The zero-order chi connectivity index (χ0) is 45.4. The molecule has 19 nitrogen and oxygen atoms in total. The van der Waals surface area contributed by atoms with Crippen molar-refractivity contribution >= 4 is 58.2 Å². The number of primary amides is 1. The lowest BCUT2D eigenvalue weighted by molar-refractivity contribution is -0.138. The number of aromatic amines is 1. The Balaban J connectivity index is 1.82. The normalized spacial score (nSPS) is 12.8. The van der Waals surface area contributed by atoms with Crippen molar-refractivity contribution in [1.29, 1.82) is 0 Å². The van der Waals surface area contributed by atoms with E-state index in [1.165, 1.54) is 11.8 Å². The molecule has 8 amide bonds. The lowest BCUT2D eigenvalue weighted by Gasteiger charge is -2.27. The van der Waals surface area contributed by atoms with Gasteiger partial charge in [0.1, 0.15) is 24.2 Å². The molecule has 0 unspecified atom stereocenters. The first-order valence-corrected chi connectivity index (χ1v) is 21.0. The number of unbranched alkanes of at least 4 members (excludes halogenated alkanes) is 2. The molecule has 4 atom stereocenters. The molecule has 0 spiro atoms. The highest BCUT2D eigenvalue weighted by molar-refractivity contribution is 5.96. The highest BCUT2D eigenvalue weighted by Gasteiger charge is 2.31. The minimum atomic E-state index is -1.23. The number of fused-ring (bicyclic) bond motifs is 1. The molecule has 0 radical (unpaired) electrons. The highest BCUT2D eigenvalue weighted by atomic mass is 16.2. The van der Waals surface area contributed by atoms with Crippen molar-refractivity contribution in [2.45, 2.75) is 95.8 Å². The monoisotopic (exact) mass is 861 g/mol. The first-order valence-electron chi connectivity index (χ1n) is 21.0. The number of carbonyl (C=O) groups excluding carboxylic acids is 8. The summed E-state index contributed by atoms with van der Waals surface area (Å²) in [6.45, 7) is 2.55. The van der Waals surface area contributed by atoms with E-state index in [1.54, 1.807) is 36.5 Å². The number of benzene rings is 2. The average molecular weight is 862 g/mol. The van der Waals surface area contributed by atoms with Crippen LogP contribution < -0.4 is 49.1 Å². The third-order valence-electron chi connectivity index (χ3n) is 9.96. The van der Waals surface area contributed by atoms with E-state index in [0.717, 1.165) is 17.3 Å². The first-order chi connectivity index (χ1) is 29.8. The van der Waals surface area contributed by atoms with Crippen LogP contribution in [0.2, 0.25) is 0 Å². The van der Waals surface area contributed by atoms with Gasteiger partial charge >= 0.3 is 0 Å². The van der Waals surface area contributed by atoms with E-state index in [2.05, 4.69) is 36.9 Å². The highest BCUT2D eigenvalue weighted by Crippen LogP contribution is 2.19. The molecule has 0 aliphatic rings. The summed E-state index contributed by atoms with van der Waals surface area (Å²) in [7, 11) is 0. The van der Waals surface area contributed by atoms with Crippen LogP contribution in [0.4, 0.5) is 0 Å². The van der Waals surface area contributed by atoms with E-state index in [1.807, 2.05) is 31.2 Å². The largest absolute Gasteiger partial charge is 0.368 e. The van der Waals surface area contributed by atoms with E-state index < -0.39 is 85.2 Å². The fourth-order valence-corrected chi connectivity index (χ4v) is 6.69. The van der Waals surface area contributed by atoms with Gasteiger partial charge in [-0.25, -0.2) is 0 Å². The van der Waals surface area contributed by atoms with Crippen molar-refractivity contribution in [3.05, 3.63) is 71.9 Å². The molecule has 1 heterocycles. The second-order valence-corrected chi connectivity index (χ2v) is 15.0. The molecule has 0 aliphatic carbocycles. The van der Waals surface area contributed by atoms with Crippen LogP contribution in [0, 0.1) is 0 Å². The van der Waals surface area contributed by atoms with Crippen LogP contribution in [0.15, 0.2) is 60.8 Å². The summed E-state index contributed by atoms with van der Waals surface area (Å²) in [6.07, 6.45) is 5.04. The van der Waals surface area contributed by atoms with Gasteiger partial charge in [-0.1, -0.05) is 68.3 Å². The Morgan fingerprint density at radius 3 is 1.94 bits per heavy atom. The third kappa shape index (κ3) is 17.3. The number of nitrogens with two attached hydrogens (primary N) is 3. The lowest BCUT2D eigenvalue weighted by atomic mass is 10.0. The van der Waals surface area contributed by atoms with Gasteiger partial charge in [-0.05, 0) is 62.4 Å². The summed E-state index contributed by atoms with van der Waals surface area (Å²) in [5.74, 6) is -5.03. The van der Waals surface area contributed by atoms with E-state index in [0.29, 0.717) is 49.8 Å². The third-order valence-corrected chi connectivity index (χ3v) is 9.96. The number of nitrogens with zero attached hydrogens (tertiary/aromatic N) is 1. The number of para-hydroxylation sites is 1. The van der Waals surface area contributed by atoms with Crippen LogP contribution in [0.25, 0.3) is 10.9 Å². The van der Waals surface area contributed by atoms with Crippen molar-refractivity contribution in [1.82, 2.24) is 41.8 Å². The summed E-state index contributed by atoms with van der Waals surface area (Å²) < 4.78 is 0. The predicted molar refractivity (Wildman–Crippen MR) is 233 cm³/mol. The van der Waals surface area contributed by atoms with Crippen LogP contribution >= 0.6 is 0 Å². The average Bonchev–Trinajstić information content (AvgIpc) is 3.66. The molecule has 0 saturated carbocycles. The molecule has 0 bridgehead atoms. The van der Waals surface area contributed by atoms with Gasteiger partial charge in [-0.3, -0.25) is 38.4 Å². The van der Waals surface area contributed by atoms with Gasteiger partial charge in [0.15, 0.2) is 0 Å². The minimum Gasteiger partial charge on any atom is -0.368 e. The molecule has 0 fully saturated rings. The molecule has 62 heavy (non-hydrogen) atoms. The van der Waals surface area contributed by atoms with Crippen LogP contribution in [0.5, 0.6) is 0 Å². The summed E-state index contributed by atoms with van der Waals surface area (Å²) >= 11 is 0. The van der Waals surface area contributed by atoms with Gasteiger partial charge in [0.2, 0.25) is 47.3 Å². The van der Waals surface area contributed by atoms with Gasteiger partial charge in [-0.15, -0.1) is 0 Å². The second kappa shape index (κ2) is 26.8. The van der Waals surface area contributed by atoms with E-state index in [-0.39, 0.29) is 38.3 Å². The fraction of sp³-hybridized carbons (Fsp3) is 0.488. The molecule has 1 aromatic heterocycles. The van der Waals surface area contributed by atoms with E-state index in [4.69, 9.17) is 17.2 Å². The van der Waals surface area contributed by atoms with Crippen LogP contribution in [0.3, 0.4) is 0 Å². The Labute approximate surface area is 361 Å². The summed E-state index contributed by atoms with van der Waals surface area (Å²) in [5.41, 5.74) is 19.0. The van der Waals surface area contributed by atoms with Gasteiger partial charge < -0.3 is 59.0 Å². The molecule has 2 aromatic carbocycles. The zero-order valence-electron chi connectivity index (χ0n) is 35.6. The number of hydrogen-bond donors (Lipinski definition) is 10. The number of aromatic nitrogens is 1. The van der Waals surface area contributed by atoms with Crippen molar-refractivity contribution < 1.29 is 38.4 Å². The summed E-state index contributed by atoms with van der Waals surface area (Å²) in [4.78, 5) is 109. The molecular formula is C43H63N11O8. The Hall–Kier alpha value is -6.34. The number of H-pyrrole nitrogens is 1. The molecule has 338 valence electrons. The number of nitrogens with one attached hydrogen (secondary N) is 7. The molecule has 19 heteroatoms. The van der Waals surface area contributed by atoms with Gasteiger partial charge in [0.05, 0.1) is 19.6 Å². The fourth-order valence-electron chi connectivity index (χ4n) is 6.69. The number of amides is 8. The molecule has 13 N–H and O–H groups in total. The molecule has 0 saturated heterocycles. The quantitative estimate of drug-likeness (QED) is 0.0403. The maximum absolute atomic E-state index is 14.1. The Morgan fingerprint density at radius 2 is 1.26 bits per heavy atom. The number of hydrogen-bond acceptors (Lipinski definition) is 10. The predicted octanol–water partition coefficient (Wildman–Crippen LogP) is -0.873. The summed E-state index contributed by atoms with van der Waals surface area (Å²) in [6, 6.07) is 11.8. The van der Waals surface area contributed by atoms with Crippen molar-refractivity contribution in [2.75, 3.05) is 39.3 Å². The summed E-state index contributed by atoms with van der Waals surface area (Å²) in [5, 5.41) is 16.7. The van der Waals surface area contributed by atoms with Crippen molar-refractivity contribution in [2.24, 2.45) is 17.2 Å². The maximum Gasteiger partial charge on any atom is 0.243 e. The van der Waals surface area contributed by atoms with E-state index >= 15 is 0 Å². The maximum atomic E-state index is 14.1.